The van der Waals surface area contributed by atoms with E-state index in [1.165, 1.54) is 26.0 Å². The largest absolute Gasteiger partial charge is 0.507 e. The molecule has 0 unspecified atom stereocenters. The number of amides is 1. The van der Waals surface area contributed by atoms with Crippen LogP contribution in [0, 0.1) is 5.41 Å². The summed E-state index contributed by atoms with van der Waals surface area (Å²) in [5, 5.41) is 12.6. The highest BCUT2D eigenvalue weighted by atomic mass is 16.5. The minimum Gasteiger partial charge on any atom is -0.507 e. The number of aromatic hydroxyl groups is 1. The molecule has 1 aromatic carbocycles. The van der Waals surface area contributed by atoms with Crippen LogP contribution in [0.5, 0.6) is 11.5 Å². The van der Waals surface area contributed by atoms with Crippen LogP contribution in [-0.4, -0.2) is 24.7 Å². The summed E-state index contributed by atoms with van der Waals surface area (Å²) >= 11 is 0. The number of benzene rings is 1. The first-order valence-corrected chi connectivity index (χ1v) is 6.25. The van der Waals surface area contributed by atoms with Crippen molar-refractivity contribution in [2.75, 3.05) is 13.7 Å². The third-order valence-corrected chi connectivity index (χ3v) is 3.78. The first kappa shape index (κ1) is 12.7. The van der Waals surface area contributed by atoms with E-state index in [0.717, 1.165) is 6.42 Å². The lowest BCUT2D eigenvalue weighted by Crippen LogP contribution is -2.30. The van der Waals surface area contributed by atoms with Gasteiger partial charge in [0.05, 0.1) is 12.7 Å². The van der Waals surface area contributed by atoms with Crippen LogP contribution in [-0.2, 0) is 0 Å². The second-order valence-corrected chi connectivity index (χ2v) is 4.92. The standard InChI is InChI=1S/C14H19NO3/c1-3-14(6-7-14)9-15-13(17)11-5-4-10(18-2)8-12(11)16/h4-5,8,16H,3,6-7,9H2,1-2H3,(H,15,17). The SMILES string of the molecule is CCC1(CNC(=O)c2ccc(OC)cc2O)CC1. The van der Waals surface area contributed by atoms with Crippen LogP contribution in [0.2, 0.25) is 0 Å². The molecule has 0 heterocycles. The second-order valence-electron chi connectivity index (χ2n) is 4.92. The van der Waals surface area contributed by atoms with Gasteiger partial charge in [-0.15, -0.1) is 0 Å². The highest BCUT2D eigenvalue weighted by molar-refractivity contribution is 5.97. The molecule has 0 aromatic heterocycles. The van der Waals surface area contributed by atoms with Crippen molar-refractivity contribution in [3.05, 3.63) is 23.8 Å². The van der Waals surface area contributed by atoms with Crippen molar-refractivity contribution in [2.24, 2.45) is 5.41 Å². The fraction of sp³-hybridized carbons (Fsp3) is 0.500. The molecule has 4 heteroatoms. The molecule has 18 heavy (non-hydrogen) atoms. The second kappa shape index (κ2) is 4.88. The van der Waals surface area contributed by atoms with Crippen LogP contribution in [0.1, 0.15) is 36.5 Å². The highest BCUT2D eigenvalue weighted by Crippen LogP contribution is 2.47. The predicted octanol–water partition coefficient (Wildman–Crippen LogP) is 2.32. The van der Waals surface area contributed by atoms with Crippen molar-refractivity contribution < 1.29 is 14.6 Å². The van der Waals surface area contributed by atoms with Crippen molar-refractivity contribution in [3.63, 3.8) is 0 Å². The quantitative estimate of drug-likeness (QED) is 0.842. The summed E-state index contributed by atoms with van der Waals surface area (Å²) in [4.78, 5) is 11.9. The highest BCUT2D eigenvalue weighted by Gasteiger charge is 2.40. The fourth-order valence-electron chi connectivity index (χ4n) is 2.03. The maximum absolute atomic E-state index is 11.9. The van der Waals surface area contributed by atoms with Crippen LogP contribution in [0.4, 0.5) is 0 Å². The average Bonchev–Trinajstić information content (AvgIpc) is 3.16. The lowest BCUT2D eigenvalue weighted by Gasteiger charge is -2.14. The van der Waals surface area contributed by atoms with E-state index in [1.54, 1.807) is 12.1 Å². The zero-order valence-corrected chi connectivity index (χ0v) is 10.8. The van der Waals surface area contributed by atoms with E-state index in [0.29, 0.717) is 23.3 Å². The summed E-state index contributed by atoms with van der Waals surface area (Å²) < 4.78 is 4.98. The predicted molar refractivity (Wildman–Crippen MR) is 69.0 cm³/mol. The van der Waals surface area contributed by atoms with E-state index in [-0.39, 0.29) is 11.7 Å². The number of carbonyl (C=O) groups is 1. The van der Waals surface area contributed by atoms with Gasteiger partial charge in [-0.2, -0.15) is 0 Å². The maximum Gasteiger partial charge on any atom is 0.255 e. The van der Waals surface area contributed by atoms with Gasteiger partial charge in [-0.05, 0) is 36.8 Å². The summed E-state index contributed by atoms with van der Waals surface area (Å²) in [5.74, 6) is 0.263. The Hall–Kier alpha value is -1.71. The molecular formula is C14H19NO3. The molecule has 0 spiro atoms. The number of hydrogen-bond acceptors (Lipinski definition) is 3. The average molecular weight is 249 g/mol. The van der Waals surface area contributed by atoms with E-state index in [9.17, 15) is 9.90 Å². The molecule has 0 atom stereocenters. The fourth-order valence-corrected chi connectivity index (χ4v) is 2.03. The van der Waals surface area contributed by atoms with Crippen molar-refractivity contribution in [2.45, 2.75) is 26.2 Å². The summed E-state index contributed by atoms with van der Waals surface area (Å²) in [7, 11) is 1.52. The lowest BCUT2D eigenvalue weighted by molar-refractivity contribution is 0.0941. The van der Waals surface area contributed by atoms with Crippen LogP contribution < -0.4 is 10.1 Å². The molecule has 1 aromatic rings. The van der Waals surface area contributed by atoms with Gasteiger partial charge in [-0.1, -0.05) is 6.92 Å². The molecule has 2 N–H and O–H groups in total. The molecule has 0 aliphatic heterocycles. The third kappa shape index (κ3) is 2.58. The summed E-state index contributed by atoms with van der Waals surface area (Å²) in [6.45, 7) is 2.83. The molecule has 0 bridgehead atoms. The van der Waals surface area contributed by atoms with Gasteiger partial charge >= 0.3 is 0 Å². The topological polar surface area (TPSA) is 58.6 Å². The van der Waals surface area contributed by atoms with Gasteiger partial charge in [-0.3, -0.25) is 4.79 Å². The van der Waals surface area contributed by atoms with Crippen molar-refractivity contribution in [1.82, 2.24) is 5.32 Å². The molecule has 1 fully saturated rings. The molecule has 1 aliphatic carbocycles. The zero-order chi connectivity index (χ0) is 13.2. The van der Waals surface area contributed by atoms with Crippen LogP contribution in [0.15, 0.2) is 18.2 Å². The molecule has 1 aliphatic rings. The van der Waals surface area contributed by atoms with Crippen LogP contribution in [0.25, 0.3) is 0 Å². The first-order valence-electron chi connectivity index (χ1n) is 6.25. The summed E-state index contributed by atoms with van der Waals surface area (Å²) in [6.07, 6.45) is 3.44. The number of methoxy groups -OCH3 is 1. The van der Waals surface area contributed by atoms with Crippen molar-refractivity contribution in [1.29, 1.82) is 0 Å². The number of ether oxygens (including phenoxy) is 1. The van der Waals surface area contributed by atoms with E-state index < -0.39 is 0 Å². The first-order chi connectivity index (χ1) is 8.60. The lowest BCUT2D eigenvalue weighted by atomic mass is 10.0. The number of hydrogen-bond donors (Lipinski definition) is 2. The molecule has 0 saturated heterocycles. The number of nitrogens with one attached hydrogen (secondary N) is 1. The number of phenols is 1. The zero-order valence-electron chi connectivity index (χ0n) is 10.8. The maximum atomic E-state index is 11.9. The van der Waals surface area contributed by atoms with Gasteiger partial charge in [-0.25, -0.2) is 0 Å². The summed E-state index contributed by atoms with van der Waals surface area (Å²) in [5.41, 5.74) is 0.597. The molecule has 4 nitrogen and oxygen atoms in total. The normalized spacial score (nSPS) is 16.1. The van der Waals surface area contributed by atoms with Crippen LogP contribution in [0.3, 0.4) is 0 Å². The molecular weight excluding hydrogens is 230 g/mol. The molecule has 1 amide bonds. The van der Waals surface area contributed by atoms with Crippen molar-refractivity contribution in [3.8, 4) is 11.5 Å². The Morgan fingerprint density at radius 1 is 1.50 bits per heavy atom. The smallest absolute Gasteiger partial charge is 0.255 e. The van der Waals surface area contributed by atoms with Crippen LogP contribution >= 0.6 is 0 Å². The van der Waals surface area contributed by atoms with Crippen molar-refractivity contribution >= 4 is 5.91 Å². The molecule has 0 radical (unpaired) electrons. The minimum absolute atomic E-state index is 0.0480. The Morgan fingerprint density at radius 3 is 2.72 bits per heavy atom. The summed E-state index contributed by atoms with van der Waals surface area (Å²) in [6, 6.07) is 4.69. The van der Waals surface area contributed by atoms with E-state index >= 15 is 0 Å². The molecule has 2 rings (SSSR count). The number of rotatable bonds is 5. The van der Waals surface area contributed by atoms with E-state index in [2.05, 4.69) is 12.2 Å². The Kier molecular flexibility index (Phi) is 3.45. The third-order valence-electron chi connectivity index (χ3n) is 3.78. The van der Waals surface area contributed by atoms with Gasteiger partial charge in [0.2, 0.25) is 0 Å². The Morgan fingerprint density at radius 2 is 2.22 bits per heavy atom. The van der Waals surface area contributed by atoms with E-state index in [1.807, 2.05) is 0 Å². The van der Waals surface area contributed by atoms with E-state index in [4.69, 9.17) is 4.74 Å². The Bertz CT molecular complexity index is 452. The van der Waals surface area contributed by atoms with Gasteiger partial charge in [0, 0.05) is 12.6 Å². The van der Waals surface area contributed by atoms with Gasteiger partial charge < -0.3 is 15.2 Å². The van der Waals surface area contributed by atoms with Gasteiger partial charge in [0.1, 0.15) is 11.5 Å². The monoisotopic (exact) mass is 249 g/mol. The Balaban J connectivity index is 2.00. The number of carbonyl (C=O) groups excluding carboxylic acids is 1. The Labute approximate surface area is 107 Å². The van der Waals surface area contributed by atoms with Gasteiger partial charge in [0.15, 0.2) is 0 Å². The molecule has 1 saturated carbocycles. The number of phenolic OH excluding ortho intramolecular Hbond substituents is 1. The molecule has 98 valence electrons. The van der Waals surface area contributed by atoms with Gasteiger partial charge in [0.25, 0.3) is 5.91 Å². The minimum atomic E-state index is -0.227.